The summed E-state index contributed by atoms with van der Waals surface area (Å²) in [6, 6.07) is 0. The number of hydrogen-bond acceptors (Lipinski definition) is 3. The standard InChI is InChI=1S/C5H5BrO3/c1-4(8)9-3-5(6)2-7/h2-3H,1H3/b5-3+. The Hall–Kier alpha value is -0.640. The number of aldehydes is 1. The van der Waals surface area contributed by atoms with Crippen molar-refractivity contribution in [3.05, 3.63) is 10.7 Å². The van der Waals surface area contributed by atoms with E-state index in [1.54, 1.807) is 0 Å². The van der Waals surface area contributed by atoms with Crippen LogP contribution in [0.15, 0.2) is 10.7 Å². The van der Waals surface area contributed by atoms with Crippen LogP contribution >= 0.6 is 15.9 Å². The van der Waals surface area contributed by atoms with Crippen LogP contribution in [0.4, 0.5) is 0 Å². The predicted molar refractivity (Wildman–Crippen MR) is 34.8 cm³/mol. The highest BCUT2D eigenvalue weighted by Gasteiger charge is 1.89. The summed E-state index contributed by atoms with van der Waals surface area (Å²) in [4.78, 5) is 19.9. The Morgan fingerprint density at radius 1 is 1.67 bits per heavy atom. The first kappa shape index (κ1) is 8.36. The van der Waals surface area contributed by atoms with E-state index in [-0.39, 0.29) is 4.48 Å². The van der Waals surface area contributed by atoms with Crippen LogP contribution in [-0.2, 0) is 14.3 Å². The summed E-state index contributed by atoms with van der Waals surface area (Å²) in [5.74, 6) is -0.450. The highest BCUT2D eigenvalue weighted by molar-refractivity contribution is 9.12. The summed E-state index contributed by atoms with van der Waals surface area (Å²) in [5.41, 5.74) is 0. The number of hydrogen-bond donors (Lipinski definition) is 0. The number of carbonyl (C=O) groups is 2. The molecule has 0 saturated heterocycles. The monoisotopic (exact) mass is 192 g/mol. The van der Waals surface area contributed by atoms with E-state index in [9.17, 15) is 9.59 Å². The van der Waals surface area contributed by atoms with Gasteiger partial charge in [-0.15, -0.1) is 0 Å². The van der Waals surface area contributed by atoms with Gasteiger partial charge in [-0.3, -0.25) is 9.59 Å². The van der Waals surface area contributed by atoms with E-state index in [0.29, 0.717) is 6.29 Å². The number of halogens is 1. The van der Waals surface area contributed by atoms with Gasteiger partial charge >= 0.3 is 5.97 Å². The van der Waals surface area contributed by atoms with Gasteiger partial charge in [-0.1, -0.05) is 0 Å². The molecular weight excluding hydrogens is 188 g/mol. The van der Waals surface area contributed by atoms with Gasteiger partial charge < -0.3 is 4.74 Å². The predicted octanol–water partition coefficient (Wildman–Crippen LogP) is 0.985. The maximum absolute atomic E-state index is 10.1. The number of allylic oxidation sites excluding steroid dienone is 1. The van der Waals surface area contributed by atoms with Crippen LogP contribution in [-0.4, -0.2) is 12.3 Å². The zero-order valence-corrected chi connectivity index (χ0v) is 6.34. The molecule has 0 aromatic heterocycles. The summed E-state index contributed by atoms with van der Waals surface area (Å²) >= 11 is 2.82. The second-order valence-corrected chi connectivity index (χ2v) is 2.15. The fourth-order valence-corrected chi connectivity index (χ4v) is 0.261. The van der Waals surface area contributed by atoms with Crippen LogP contribution in [0.5, 0.6) is 0 Å². The Morgan fingerprint density at radius 3 is 2.56 bits per heavy atom. The van der Waals surface area contributed by atoms with E-state index in [1.165, 1.54) is 6.92 Å². The third-order valence-electron chi connectivity index (χ3n) is 0.450. The van der Waals surface area contributed by atoms with Crippen LogP contribution in [0, 0.1) is 0 Å². The third kappa shape index (κ3) is 5.23. The lowest BCUT2D eigenvalue weighted by Crippen LogP contribution is -1.90. The average Bonchev–Trinajstić information content (AvgIpc) is 1.83. The molecule has 0 saturated carbocycles. The van der Waals surface area contributed by atoms with Crippen molar-refractivity contribution >= 4 is 28.2 Å². The summed E-state index contributed by atoms with van der Waals surface area (Å²) in [6.45, 7) is 1.25. The molecule has 0 unspecified atom stereocenters. The molecule has 0 bridgehead atoms. The topological polar surface area (TPSA) is 43.4 Å². The first-order chi connectivity index (χ1) is 4.16. The minimum Gasteiger partial charge on any atom is -0.433 e. The van der Waals surface area contributed by atoms with Crippen molar-refractivity contribution < 1.29 is 14.3 Å². The van der Waals surface area contributed by atoms with Gasteiger partial charge in [0.15, 0.2) is 6.29 Å². The van der Waals surface area contributed by atoms with Gasteiger partial charge in [-0.25, -0.2) is 0 Å². The van der Waals surface area contributed by atoms with Crippen molar-refractivity contribution in [2.24, 2.45) is 0 Å². The summed E-state index contributed by atoms with van der Waals surface area (Å²) in [5, 5.41) is 0. The van der Waals surface area contributed by atoms with Crippen LogP contribution in [0.2, 0.25) is 0 Å². The van der Waals surface area contributed by atoms with E-state index < -0.39 is 5.97 Å². The number of carbonyl (C=O) groups excluding carboxylic acids is 2. The zero-order valence-electron chi connectivity index (χ0n) is 4.76. The Labute approximate surface area is 60.8 Å². The largest absolute Gasteiger partial charge is 0.433 e. The van der Waals surface area contributed by atoms with E-state index >= 15 is 0 Å². The molecular formula is C5H5BrO3. The van der Waals surface area contributed by atoms with E-state index in [4.69, 9.17) is 0 Å². The number of rotatable bonds is 2. The van der Waals surface area contributed by atoms with Crippen LogP contribution in [0.3, 0.4) is 0 Å². The van der Waals surface area contributed by atoms with Gasteiger partial charge in [-0.2, -0.15) is 0 Å². The van der Waals surface area contributed by atoms with Crippen LogP contribution < -0.4 is 0 Å². The second kappa shape index (κ2) is 4.26. The van der Waals surface area contributed by atoms with Crippen molar-refractivity contribution in [2.75, 3.05) is 0 Å². The van der Waals surface area contributed by atoms with Crippen molar-refractivity contribution in [1.29, 1.82) is 0 Å². The van der Waals surface area contributed by atoms with E-state index in [0.717, 1.165) is 6.26 Å². The Balaban J connectivity index is 3.69. The summed E-state index contributed by atoms with van der Waals surface area (Å²) < 4.78 is 4.52. The lowest BCUT2D eigenvalue weighted by Gasteiger charge is -1.88. The van der Waals surface area contributed by atoms with E-state index in [1.807, 2.05) is 0 Å². The second-order valence-electron chi connectivity index (χ2n) is 1.23. The average molecular weight is 193 g/mol. The third-order valence-corrected chi connectivity index (χ3v) is 0.824. The number of esters is 1. The fourth-order valence-electron chi connectivity index (χ4n) is 0.167. The van der Waals surface area contributed by atoms with Crippen molar-refractivity contribution in [3.63, 3.8) is 0 Å². The van der Waals surface area contributed by atoms with Gasteiger partial charge in [0, 0.05) is 6.92 Å². The molecule has 3 nitrogen and oxygen atoms in total. The molecule has 50 valence electrons. The maximum atomic E-state index is 10.1. The molecule has 0 aliphatic rings. The lowest BCUT2D eigenvalue weighted by molar-refractivity contribution is -0.135. The van der Waals surface area contributed by atoms with Crippen LogP contribution in [0.1, 0.15) is 6.92 Å². The Morgan fingerprint density at radius 2 is 2.22 bits per heavy atom. The zero-order chi connectivity index (χ0) is 7.28. The normalized spacial score (nSPS) is 10.7. The van der Waals surface area contributed by atoms with Crippen molar-refractivity contribution in [1.82, 2.24) is 0 Å². The molecule has 4 heteroatoms. The summed E-state index contributed by atoms with van der Waals surface area (Å²) in [7, 11) is 0. The minimum absolute atomic E-state index is 0.206. The maximum Gasteiger partial charge on any atom is 0.307 e. The summed E-state index contributed by atoms with van der Waals surface area (Å²) in [6.07, 6.45) is 1.57. The first-order valence-electron chi connectivity index (χ1n) is 2.15. The van der Waals surface area contributed by atoms with Gasteiger partial charge in [0.1, 0.15) is 6.26 Å². The molecule has 0 fully saturated rings. The molecule has 0 spiro atoms. The van der Waals surface area contributed by atoms with Crippen molar-refractivity contribution in [2.45, 2.75) is 6.92 Å². The molecule has 0 aromatic carbocycles. The van der Waals surface area contributed by atoms with Crippen LogP contribution in [0.25, 0.3) is 0 Å². The molecule has 9 heavy (non-hydrogen) atoms. The van der Waals surface area contributed by atoms with Gasteiger partial charge in [-0.05, 0) is 15.9 Å². The van der Waals surface area contributed by atoms with E-state index in [2.05, 4.69) is 20.7 Å². The van der Waals surface area contributed by atoms with Crippen molar-refractivity contribution in [3.8, 4) is 0 Å². The van der Waals surface area contributed by atoms with Gasteiger partial charge in [0.2, 0.25) is 0 Å². The SMILES string of the molecule is CC(=O)O/C=C(/Br)C=O. The molecule has 0 rings (SSSR count). The molecule has 0 atom stereocenters. The van der Waals surface area contributed by atoms with Gasteiger partial charge in [0.05, 0.1) is 4.48 Å². The van der Waals surface area contributed by atoms with Gasteiger partial charge in [0.25, 0.3) is 0 Å². The Kier molecular flexibility index (Phi) is 3.96. The molecule has 0 aliphatic heterocycles. The fraction of sp³-hybridized carbons (Fsp3) is 0.200. The molecule has 0 amide bonds. The quantitative estimate of drug-likeness (QED) is 0.284. The molecule has 0 heterocycles. The minimum atomic E-state index is -0.450. The smallest absolute Gasteiger partial charge is 0.307 e. The Bertz CT molecular complexity index is 150. The highest BCUT2D eigenvalue weighted by atomic mass is 79.9. The highest BCUT2D eigenvalue weighted by Crippen LogP contribution is 1.99. The molecule has 0 aliphatic carbocycles. The number of ether oxygens (including phenoxy) is 1. The lowest BCUT2D eigenvalue weighted by atomic mass is 10.7. The first-order valence-corrected chi connectivity index (χ1v) is 2.94. The molecule has 0 N–H and O–H groups in total. The molecule has 0 radical (unpaired) electrons. The molecule has 0 aromatic rings.